The molecule has 2 N–H and O–H groups in total. The molecule has 0 saturated carbocycles. The van der Waals surface area contributed by atoms with Crippen molar-refractivity contribution in [3.8, 4) is 0 Å². The lowest BCUT2D eigenvalue weighted by Gasteiger charge is -2.13. The molecular formula is C19H19ClN2O4. The van der Waals surface area contributed by atoms with Crippen LogP contribution >= 0.6 is 11.6 Å². The number of hydrogen-bond donors (Lipinski definition) is 2. The molecule has 0 heterocycles. The quantitative estimate of drug-likeness (QED) is 0.632. The smallest absolute Gasteiger partial charge is 0.337 e. The normalized spacial score (nSPS) is 10.2. The Morgan fingerprint density at radius 1 is 1.08 bits per heavy atom. The van der Waals surface area contributed by atoms with Crippen molar-refractivity contribution in [2.24, 2.45) is 0 Å². The Morgan fingerprint density at radius 3 is 2.42 bits per heavy atom. The summed E-state index contributed by atoms with van der Waals surface area (Å²) in [5.41, 5.74) is 2.76. The fraction of sp³-hybridized carbons (Fsp3) is 0.211. The number of halogens is 1. The maximum Gasteiger partial charge on any atom is 0.337 e. The second kappa shape index (κ2) is 8.49. The third-order valence-electron chi connectivity index (χ3n) is 3.82. The Hall–Kier alpha value is -2.86. The van der Waals surface area contributed by atoms with Crippen LogP contribution in [-0.4, -0.2) is 24.9 Å². The highest BCUT2D eigenvalue weighted by Gasteiger charge is 2.18. The molecule has 2 aromatic carbocycles. The number of methoxy groups -OCH3 is 1. The average molecular weight is 375 g/mol. The maximum absolute atomic E-state index is 12.3. The first-order valence-corrected chi connectivity index (χ1v) is 8.33. The summed E-state index contributed by atoms with van der Waals surface area (Å²) in [7, 11) is 1.25. The van der Waals surface area contributed by atoms with E-state index in [1.807, 2.05) is 32.0 Å². The zero-order valence-electron chi connectivity index (χ0n) is 14.7. The second-order valence-electron chi connectivity index (χ2n) is 5.56. The monoisotopic (exact) mass is 374 g/mol. The van der Waals surface area contributed by atoms with Gasteiger partial charge in [0.1, 0.15) is 0 Å². The molecule has 0 saturated heterocycles. The van der Waals surface area contributed by atoms with E-state index >= 15 is 0 Å². The molecule has 26 heavy (non-hydrogen) atoms. The number of anilines is 2. The number of benzene rings is 2. The highest BCUT2D eigenvalue weighted by molar-refractivity contribution is 6.45. The lowest BCUT2D eigenvalue weighted by atomic mass is 10.1. The van der Waals surface area contributed by atoms with E-state index in [0.717, 1.165) is 11.1 Å². The van der Waals surface area contributed by atoms with Gasteiger partial charge in [-0.25, -0.2) is 4.79 Å². The summed E-state index contributed by atoms with van der Waals surface area (Å²) < 4.78 is 4.63. The van der Waals surface area contributed by atoms with Crippen molar-refractivity contribution in [2.75, 3.05) is 17.7 Å². The zero-order chi connectivity index (χ0) is 19.3. The summed E-state index contributed by atoms with van der Waals surface area (Å²) in [6.45, 7) is 3.81. The Kier molecular flexibility index (Phi) is 6.36. The highest BCUT2D eigenvalue weighted by atomic mass is 35.5. The highest BCUT2D eigenvalue weighted by Crippen LogP contribution is 2.24. The molecule has 0 aromatic heterocycles. The predicted molar refractivity (Wildman–Crippen MR) is 101 cm³/mol. The Morgan fingerprint density at radius 2 is 1.77 bits per heavy atom. The number of esters is 1. The fourth-order valence-electron chi connectivity index (χ4n) is 2.42. The summed E-state index contributed by atoms with van der Waals surface area (Å²) in [6, 6.07) is 9.88. The lowest BCUT2D eigenvalue weighted by Crippen LogP contribution is -2.30. The minimum atomic E-state index is -0.890. The molecule has 0 aliphatic heterocycles. The summed E-state index contributed by atoms with van der Waals surface area (Å²) in [4.78, 5) is 36.1. The Labute approximate surface area is 156 Å². The maximum atomic E-state index is 12.3. The van der Waals surface area contributed by atoms with Crippen LogP contribution in [0.25, 0.3) is 0 Å². The SMILES string of the molecule is CCc1cccc(C)c1NC(=O)C(=O)Nc1cc(C(=O)OC)ccc1Cl. The van der Waals surface area contributed by atoms with Crippen molar-refractivity contribution in [1.29, 1.82) is 0 Å². The van der Waals surface area contributed by atoms with Crippen LogP contribution in [0.3, 0.4) is 0 Å². The molecule has 0 unspecified atom stereocenters. The van der Waals surface area contributed by atoms with Crippen LogP contribution < -0.4 is 10.6 Å². The van der Waals surface area contributed by atoms with E-state index in [1.54, 1.807) is 0 Å². The van der Waals surface area contributed by atoms with Gasteiger partial charge in [0.15, 0.2) is 0 Å². The molecule has 136 valence electrons. The van der Waals surface area contributed by atoms with Crippen molar-refractivity contribution in [3.05, 3.63) is 58.1 Å². The molecule has 0 spiro atoms. The second-order valence-corrected chi connectivity index (χ2v) is 5.96. The van der Waals surface area contributed by atoms with Crippen molar-refractivity contribution in [2.45, 2.75) is 20.3 Å². The number of rotatable bonds is 4. The van der Waals surface area contributed by atoms with E-state index in [-0.39, 0.29) is 16.3 Å². The van der Waals surface area contributed by atoms with Gasteiger partial charge in [0, 0.05) is 5.69 Å². The van der Waals surface area contributed by atoms with Gasteiger partial charge >= 0.3 is 17.8 Å². The van der Waals surface area contributed by atoms with Crippen molar-refractivity contribution in [3.63, 3.8) is 0 Å². The van der Waals surface area contributed by atoms with E-state index in [4.69, 9.17) is 11.6 Å². The topological polar surface area (TPSA) is 84.5 Å². The molecule has 0 aliphatic rings. The van der Waals surface area contributed by atoms with Crippen LogP contribution in [0.2, 0.25) is 5.02 Å². The molecule has 7 heteroatoms. The molecule has 0 bridgehead atoms. The van der Waals surface area contributed by atoms with Crippen LogP contribution in [0.1, 0.15) is 28.4 Å². The number of aryl methyl sites for hydroxylation is 2. The number of hydrogen-bond acceptors (Lipinski definition) is 4. The van der Waals surface area contributed by atoms with Gasteiger partial charge in [-0.1, -0.05) is 36.7 Å². The Bertz CT molecular complexity index is 865. The summed E-state index contributed by atoms with van der Waals surface area (Å²) in [6.07, 6.45) is 0.714. The van der Waals surface area contributed by atoms with E-state index in [0.29, 0.717) is 12.1 Å². The van der Waals surface area contributed by atoms with Crippen LogP contribution in [0, 0.1) is 6.92 Å². The van der Waals surface area contributed by atoms with Gasteiger partial charge in [0.05, 0.1) is 23.4 Å². The standard InChI is InChI=1S/C19H19ClN2O4/c1-4-12-7-5-6-11(2)16(12)22-18(24)17(23)21-15-10-13(19(25)26-3)8-9-14(15)20/h5-10H,4H2,1-3H3,(H,21,23)(H,22,24). The third kappa shape index (κ3) is 4.40. The largest absolute Gasteiger partial charge is 0.465 e. The third-order valence-corrected chi connectivity index (χ3v) is 4.15. The zero-order valence-corrected chi connectivity index (χ0v) is 15.4. The number of amides is 2. The number of para-hydroxylation sites is 1. The number of carbonyl (C=O) groups excluding carboxylic acids is 3. The van der Waals surface area contributed by atoms with Crippen LogP contribution in [0.4, 0.5) is 11.4 Å². The van der Waals surface area contributed by atoms with Gasteiger partial charge < -0.3 is 15.4 Å². The number of nitrogens with one attached hydrogen (secondary N) is 2. The van der Waals surface area contributed by atoms with E-state index in [2.05, 4.69) is 15.4 Å². The van der Waals surface area contributed by atoms with Crippen LogP contribution in [0.5, 0.6) is 0 Å². The molecule has 6 nitrogen and oxygen atoms in total. The summed E-state index contributed by atoms with van der Waals surface area (Å²) >= 11 is 6.03. The minimum absolute atomic E-state index is 0.148. The van der Waals surface area contributed by atoms with Crippen molar-refractivity contribution < 1.29 is 19.1 Å². The van der Waals surface area contributed by atoms with Crippen molar-refractivity contribution >= 4 is 40.8 Å². The number of carbonyl (C=O) groups is 3. The minimum Gasteiger partial charge on any atom is -0.465 e. The fourth-order valence-corrected chi connectivity index (χ4v) is 2.58. The van der Waals surface area contributed by atoms with E-state index in [1.165, 1.54) is 25.3 Å². The van der Waals surface area contributed by atoms with Crippen LogP contribution in [0.15, 0.2) is 36.4 Å². The predicted octanol–water partition coefficient (Wildman–Crippen LogP) is 3.57. The molecule has 2 rings (SSSR count). The molecule has 2 amide bonds. The summed E-state index contributed by atoms with van der Waals surface area (Å²) in [5, 5.41) is 5.25. The van der Waals surface area contributed by atoms with Gasteiger partial charge in [0.25, 0.3) is 0 Å². The first-order chi connectivity index (χ1) is 12.4. The van der Waals surface area contributed by atoms with E-state index < -0.39 is 17.8 Å². The first kappa shape index (κ1) is 19.5. The summed E-state index contributed by atoms with van der Waals surface area (Å²) in [5.74, 6) is -2.29. The molecule has 2 aromatic rings. The van der Waals surface area contributed by atoms with Gasteiger partial charge in [-0.2, -0.15) is 0 Å². The molecular weight excluding hydrogens is 356 g/mol. The average Bonchev–Trinajstić information content (AvgIpc) is 2.64. The van der Waals surface area contributed by atoms with E-state index in [9.17, 15) is 14.4 Å². The number of ether oxygens (including phenoxy) is 1. The van der Waals surface area contributed by atoms with Gasteiger partial charge in [-0.05, 0) is 42.7 Å². The first-order valence-electron chi connectivity index (χ1n) is 7.96. The molecule has 0 aliphatic carbocycles. The van der Waals surface area contributed by atoms with Crippen molar-refractivity contribution in [1.82, 2.24) is 0 Å². The molecule has 0 atom stereocenters. The lowest BCUT2D eigenvalue weighted by molar-refractivity contribution is -0.133. The van der Waals surface area contributed by atoms with Gasteiger partial charge in [0.2, 0.25) is 0 Å². The Balaban J connectivity index is 2.18. The molecule has 0 fully saturated rings. The van der Waals surface area contributed by atoms with Crippen LogP contribution in [-0.2, 0) is 20.7 Å². The molecule has 0 radical (unpaired) electrons. The van der Waals surface area contributed by atoms with Gasteiger partial charge in [-0.15, -0.1) is 0 Å². The van der Waals surface area contributed by atoms with Gasteiger partial charge in [-0.3, -0.25) is 9.59 Å².